The maximum atomic E-state index is 6.05. The van der Waals surface area contributed by atoms with Gasteiger partial charge in [-0.05, 0) is 44.4 Å². The molecule has 0 aromatic heterocycles. The molecule has 0 heterocycles. The van der Waals surface area contributed by atoms with Gasteiger partial charge >= 0.3 is 0 Å². The van der Waals surface area contributed by atoms with Gasteiger partial charge < -0.3 is 5.32 Å². The lowest BCUT2D eigenvalue weighted by molar-refractivity contribution is 0.718. The Morgan fingerprint density at radius 1 is 1.53 bits per heavy atom. The zero-order valence-electron chi connectivity index (χ0n) is 9.39. The summed E-state index contributed by atoms with van der Waals surface area (Å²) in [5.41, 5.74) is 2.24. The van der Waals surface area contributed by atoms with E-state index in [4.69, 9.17) is 11.6 Å². The minimum Gasteiger partial charge on any atom is -0.382 e. The second-order valence-corrected chi connectivity index (χ2v) is 4.23. The van der Waals surface area contributed by atoms with Crippen LogP contribution in [0.25, 0.3) is 0 Å². The quantitative estimate of drug-likeness (QED) is 0.729. The first-order chi connectivity index (χ1) is 7.15. The molecule has 82 valence electrons. The number of allylic oxidation sites excluding steroid dienone is 1. The van der Waals surface area contributed by atoms with Gasteiger partial charge in [0.15, 0.2) is 0 Å². The third kappa shape index (κ3) is 3.60. The Labute approximate surface area is 97.1 Å². The molecule has 0 aliphatic heterocycles. The summed E-state index contributed by atoms with van der Waals surface area (Å²) in [7, 11) is 0. The van der Waals surface area contributed by atoms with Crippen molar-refractivity contribution < 1.29 is 0 Å². The molecule has 15 heavy (non-hydrogen) atoms. The summed E-state index contributed by atoms with van der Waals surface area (Å²) in [5, 5.41) is 4.27. The summed E-state index contributed by atoms with van der Waals surface area (Å²) in [6, 6.07) is 6.39. The Morgan fingerprint density at radius 3 is 2.93 bits per heavy atom. The van der Waals surface area contributed by atoms with Gasteiger partial charge in [-0.2, -0.15) is 0 Å². The van der Waals surface area contributed by atoms with Gasteiger partial charge in [0.25, 0.3) is 0 Å². The fourth-order valence-corrected chi connectivity index (χ4v) is 1.64. The molecule has 1 atom stereocenters. The van der Waals surface area contributed by atoms with Crippen molar-refractivity contribution in [2.24, 2.45) is 0 Å². The minimum absolute atomic E-state index is 0.445. The van der Waals surface area contributed by atoms with E-state index in [1.54, 1.807) is 0 Å². The fourth-order valence-electron chi connectivity index (χ4n) is 1.47. The third-order valence-corrected chi connectivity index (χ3v) is 2.88. The average Bonchev–Trinajstić information content (AvgIpc) is 2.22. The van der Waals surface area contributed by atoms with Crippen molar-refractivity contribution in [3.05, 3.63) is 41.4 Å². The van der Waals surface area contributed by atoms with Gasteiger partial charge in [0.2, 0.25) is 0 Å². The Morgan fingerprint density at radius 2 is 2.27 bits per heavy atom. The van der Waals surface area contributed by atoms with E-state index in [9.17, 15) is 0 Å². The van der Waals surface area contributed by atoms with Gasteiger partial charge in [-0.3, -0.25) is 0 Å². The standard InChI is InChI=1S/C13H18ClN/c1-4-5-7-10(2)15-13-9-6-8-12(14)11(13)3/h4,6,8-10,15H,1,5,7H2,2-3H3. The van der Waals surface area contributed by atoms with Gasteiger partial charge in [-0.15, -0.1) is 6.58 Å². The van der Waals surface area contributed by atoms with Gasteiger partial charge in [-0.25, -0.2) is 0 Å². The molecule has 1 unspecified atom stereocenters. The fraction of sp³-hybridized carbons (Fsp3) is 0.385. The lowest BCUT2D eigenvalue weighted by Gasteiger charge is -2.16. The second kappa shape index (κ2) is 5.82. The molecule has 1 aromatic rings. The zero-order valence-corrected chi connectivity index (χ0v) is 10.1. The summed E-state index contributed by atoms with van der Waals surface area (Å²) in [6.45, 7) is 7.93. The van der Waals surface area contributed by atoms with Crippen molar-refractivity contribution in [2.75, 3.05) is 5.32 Å². The molecule has 1 N–H and O–H groups in total. The largest absolute Gasteiger partial charge is 0.382 e. The monoisotopic (exact) mass is 223 g/mol. The van der Waals surface area contributed by atoms with Crippen LogP contribution in [0.1, 0.15) is 25.3 Å². The van der Waals surface area contributed by atoms with E-state index in [1.807, 2.05) is 25.1 Å². The predicted molar refractivity (Wildman–Crippen MR) is 68.7 cm³/mol. The van der Waals surface area contributed by atoms with Crippen molar-refractivity contribution in [2.45, 2.75) is 32.7 Å². The van der Waals surface area contributed by atoms with E-state index in [0.717, 1.165) is 29.1 Å². The van der Waals surface area contributed by atoms with Crippen molar-refractivity contribution >= 4 is 17.3 Å². The topological polar surface area (TPSA) is 12.0 Å². The van der Waals surface area contributed by atoms with Crippen LogP contribution in [0.5, 0.6) is 0 Å². The number of benzene rings is 1. The van der Waals surface area contributed by atoms with Gasteiger partial charge in [0.1, 0.15) is 0 Å². The van der Waals surface area contributed by atoms with Gasteiger partial charge in [0.05, 0.1) is 0 Å². The van der Waals surface area contributed by atoms with Crippen molar-refractivity contribution in [1.82, 2.24) is 0 Å². The highest BCUT2D eigenvalue weighted by atomic mass is 35.5. The van der Waals surface area contributed by atoms with E-state index in [0.29, 0.717) is 6.04 Å². The molecular formula is C13H18ClN. The molecule has 0 amide bonds. The van der Waals surface area contributed by atoms with Crippen LogP contribution in [0.2, 0.25) is 5.02 Å². The smallest absolute Gasteiger partial charge is 0.0455 e. The SMILES string of the molecule is C=CCCC(C)Nc1cccc(Cl)c1C. The van der Waals surface area contributed by atoms with Crippen molar-refractivity contribution in [3.63, 3.8) is 0 Å². The van der Waals surface area contributed by atoms with Crippen LogP contribution in [0.4, 0.5) is 5.69 Å². The molecule has 0 aliphatic rings. The maximum absolute atomic E-state index is 6.05. The summed E-state index contributed by atoms with van der Waals surface area (Å²) in [6.07, 6.45) is 4.08. The summed E-state index contributed by atoms with van der Waals surface area (Å²) in [4.78, 5) is 0. The molecule has 1 nitrogen and oxygen atoms in total. The molecular weight excluding hydrogens is 206 g/mol. The van der Waals surface area contributed by atoms with Crippen molar-refractivity contribution in [1.29, 1.82) is 0 Å². The van der Waals surface area contributed by atoms with Crippen LogP contribution in [-0.4, -0.2) is 6.04 Å². The number of hydrogen-bond donors (Lipinski definition) is 1. The molecule has 0 radical (unpaired) electrons. The molecule has 0 fully saturated rings. The van der Waals surface area contributed by atoms with E-state index in [1.165, 1.54) is 0 Å². The van der Waals surface area contributed by atoms with Crippen LogP contribution in [0.15, 0.2) is 30.9 Å². The van der Waals surface area contributed by atoms with Gasteiger partial charge in [0, 0.05) is 16.8 Å². The molecule has 0 spiro atoms. The van der Waals surface area contributed by atoms with Crippen LogP contribution in [0.3, 0.4) is 0 Å². The van der Waals surface area contributed by atoms with E-state index < -0.39 is 0 Å². The molecule has 0 saturated heterocycles. The van der Waals surface area contributed by atoms with E-state index in [2.05, 4.69) is 24.9 Å². The van der Waals surface area contributed by atoms with Crippen molar-refractivity contribution in [3.8, 4) is 0 Å². The van der Waals surface area contributed by atoms with E-state index >= 15 is 0 Å². The molecule has 0 bridgehead atoms. The van der Waals surface area contributed by atoms with Crippen LogP contribution < -0.4 is 5.32 Å². The Bertz CT molecular complexity index is 333. The number of hydrogen-bond acceptors (Lipinski definition) is 1. The van der Waals surface area contributed by atoms with Crippen LogP contribution in [-0.2, 0) is 0 Å². The van der Waals surface area contributed by atoms with Crippen LogP contribution >= 0.6 is 11.6 Å². The van der Waals surface area contributed by atoms with Gasteiger partial charge in [-0.1, -0.05) is 23.7 Å². The Hall–Kier alpha value is -0.950. The molecule has 0 saturated carbocycles. The number of anilines is 1. The molecule has 0 aliphatic carbocycles. The first kappa shape index (κ1) is 12.1. The highest BCUT2D eigenvalue weighted by Gasteiger charge is 2.05. The summed E-state index contributed by atoms with van der Waals surface area (Å²) < 4.78 is 0. The third-order valence-electron chi connectivity index (χ3n) is 2.47. The van der Waals surface area contributed by atoms with E-state index in [-0.39, 0.29) is 0 Å². The minimum atomic E-state index is 0.445. The lowest BCUT2D eigenvalue weighted by atomic mass is 10.1. The molecule has 1 rings (SSSR count). The summed E-state index contributed by atoms with van der Waals surface area (Å²) in [5.74, 6) is 0. The zero-order chi connectivity index (χ0) is 11.3. The highest BCUT2D eigenvalue weighted by molar-refractivity contribution is 6.31. The van der Waals surface area contributed by atoms with Crippen LogP contribution in [0, 0.1) is 6.92 Å². The number of halogens is 1. The predicted octanol–water partition coefficient (Wildman–Crippen LogP) is 4.42. The Kier molecular flexibility index (Phi) is 4.70. The average molecular weight is 224 g/mol. The maximum Gasteiger partial charge on any atom is 0.0455 e. The Balaban J connectivity index is 2.63. The highest BCUT2D eigenvalue weighted by Crippen LogP contribution is 2.23. The summed E-state index contributed by atoms with van der Waals surface area (Å²) >= 11 is 6.05. The normalized spacial score (nSPS) is 12.2. The first-order valence-corrected chi connectivity index (χ1v) is 5.65. The number of nitrogens with one attached hydrogen (secondary N) is 1. The number of rotatable bonds is 5. The second-order valence-electron chi connectivity index (χ2n) is 3.82. The molecule has 1 aromatic carbocycles. The molecule has 2 heteroatoms. The first-order valence-electron chi connectivity index (χ1n) is 5.27. The lowest BCUT2D eigenvalue weighted by Crippen LogP contribution is -2.15.